The molecule has 2 heterocycles. The maximum absolute atomic E-state index is 12.7. The van der Waals surface area contributed by atoms with Crippen LogP contribution in [0.4, 0.5) is 5.69 Å². The van der Waals surface area contributed by atoms with Gasteiger partial charge in [-0.3, -0.25) is 9.59 Å². The fourth-order valence-corrected chi connectivity index (χ4v) is 3.78. The number of nitrogens with one attached hydrogen (secondary N) is 1. The van der Waals surface area contributed by atoms with Gasteiger partial charge >= 0.3 is 0 Å². The Kier molecular flexibility index (Phi) is 6.39. The van der Waals surface area contributed by atoms with Crippen molar-refractivity contribution < 1.29 is 14.3 Å². The van der Waals surface area contributed by atoms with Gasteiger partial charge in [-0.25, -0.2) is 0 Å². The monoisotopic (exact) mass is 383 g/mol. The van der Waals surface area contributed by atoms with Crippen LogP contribution in [-0.4, -0.2) is 41.5 Å². The molecule has 0 saturated carbocycles. The van der Waals surface area contributed by atoms with Crippen LogP contribution in [0.15, 0.2) is 36.5 Å². The van der Waals surface area contributed by atoms with Gasteiger partial charge < -0.3 is 19.5 Å². The van der Waals surface area contributed by atoms with Gasteiger partial charge in [0.1, 0.15) is 11.4 Å². The number of methoxy groups -OCH3 is 1. The van der Waals surface area contributed by atoms with Gasteiger partial charge in [0, 0.05) is 38.4 Å². The molecule has 1 N–H and O–H groups in total. The fourth-order valence-electron chi connectivity index (χ4n) is 3.78. The van der Waals surface area contributed by atoms with Crippen LogP contribution in [0.5, 0.6) is 5.75 Å². The zero-order valence-corrected chi connectivity index (χ0v) is 16.9. The number of ether oxygens (including phenoxy) is 1. The van der Waals surface area contributed by atoms with Crippen molar-refractivity contribution >= 4 is 17.5 Å². The Morgan fingerprint density at radius 3 is 2.79 bits per heavy atom. The molecule has 0 unspecified atom stereocenters. The molecule has 2 aromatic rings. The topological polar surface area (TPSA) is 63.6 Å². The Labute approximate surface area is 166 Å². The molecule has 1 aliphatic heterocycles. The normalized spacial score (nSPS) is 16.7. The summed E-state index contributed by atoms with van der Waals surface area (Å²) in [6.07, 6.45) is 5.19. The third-order valence-corrected chi connectivity index (χ3v) is 5.46. The molecule has 3 rings (SSSR count). The lowest BCUT2D eigenvalue weighted by molar-refractivity contribution is -0.116. The molecule has 0 spiro atoms. The molecule has 0 bridgehead atoms. The van der Waals surface area contributed by atoms with E-state index in [1.807, 2.05) is 60.0 Å². The summed E-state index contributed by atoms with van der Waals surface area (Å²) in [5, 5.41) is 2.99. The number of aromatic nitrogens is 1. The maximum atomic E-state index is 12.7. The predicted octanol–water partition coefficient (Wildman–Crippen LogP) is 3.61. The number of amides is 2. The average molecular weight is 383 g/mol. The Morgan fingerprint density at radius 2 is 2.11 bits per heavy atom. The molecule has 1 fully saturated rings. The van der Waals surface area contributed by atoms with Gasteiger partial charge in [-0.05, 0) is 68.0 Å². The zero-order chi connectivity index (χ0) is 20.1. The minimum absolute atomic E-state index is 0.0131. The first kappa shape index (κ1) is 20.0. The number of anilines is 1. The number of aryl methyl sites for hydroxylation is 2. The Morgan fingerprint density at radius 1 is 1.29 bits per heavy atom. The van der Waals surface area contributed by atoms with E-state index >= 15 is 0 Å². The van der Waals surface area contributed by atoms with E-state index in [1.165, 1.54) is 0 Å². The van der Waals surface area contributed by atoms with E-state index in [1.54, 1.807) is 7.11 Å². The van der Waals surface area contributed by atoms with Crippen LogP contribution in [0.1, 0.15) is 41.7 Å². The largest absolute Gasteiger partial charge is 0.497 e. The lowest BCUT2D eigenvalue weighted by atomic mass is 9.93. The molecule has 2 amide bonds. The summed E-state index contributed by atoms with van der Waals surface area (Å²) in [5.74, 6) is 1.23. The highest BCUT2D eigenvalue weighted by molar-refractivity contribution is 5.93. The van der Waals surface area contributed by atoms with Crippen molar-refractivity contribution in [3.05, 3.63) is 47.8 Å². The second kappa shape index (κ2) is 8.95. The molecule has 0 aliphatic carbocycles. The molecule has 6 nitrogen and oxygen atoms in total. The quantitative estimate of drug-likeness (QED) is 0.829. The predicted molar refractivity (Wildman–Crippen MR) is 110 cm³/mol. The number of likely N-dealkylation sites (tertiary alicyclic amines) is 1. The average Bonchev–Trinajstić information content (AvgIpc) is 3.13. The van der Waals surface area contributed by atoms with Crippen LogP contribution in [0, 0.1) is 12.8 Å². The van der Waals surface area contributed by atoms with E-state index in [0.29, 0.717) is 18.0 Å². The van der Waals surface area contributed by atoms with Crippen LogP contribution in [0.25, 0.3) is 0 Å². The fraction of sp³-hybridized carbons (Fsp3) is 0.455. The standard InChI is InChI=1S/C22H29N3O3/c1-16-14-18(28-3)9-10-19(16)23-21(26)11-8-17-6-4-13-25(15-17)22(27)20-7-5-12-24(20)2/h5,7,9-10,12,14,17H,4,6,8,11,13,15H2,1-3H3,(H,23,26)/t17-/m0/s1. The first-order valence-corrected chi connectivity index (χ1v) is 9.83. The minimum atomic E-state index is 0.0131. The summed E-state index contributed by atoms with van der Waals surface area (Å²) in [6, 6.07) is 9.37. The Balaban J connectivity index is 1.51. The molecular formula is C22H29N3O3. The Bertz CT molecular complexity index is 843. The highest BCUT2D eigenvalue weighted by Crippen LogP contribution is 2.24. The second-order valence-corrected chi connectivity index (χ2v) is 7.53. The molecule has 150 valence electrons. The zero-order valence-electron chi connectivity index (χ0n) is 16.9. The van der Waals surface area contributed by atoms with Crippen molar-refractivity contribution in [3.8, 4) is 5.75 Å². The van der Waals surface area contributed by atoms with Crippen molar-refractivity contribution in [2.45, 2.75) is 32.6 Å². The molecular weight excluding hydrogens is 354 g/mol. The van der Waals surface area contributed by atoms with Crippen molar-refractivity contribution in [2.75, 3.05) is 25.5 Å². The molecule has 1 aromatic carbocycles. The summed E-state index contributed by atoms with van der Waals surface area (Å²) in [5.41, 5.74) is 2.51. The summed E-state index contributed by atoms with van der Waals surface area (Å²) in [4.78, 5) is 27.0. The molecule has 1 saturated heterocycles. The first-order valence-electron chi connectivity index (χ1n) is 9.83. The lowest BCUT2D eigenvalue weighted by Gasteiger charge is -2.32. The maximum Gasteiger partial charge on any atom is 0.270 e. The van der Waals surface area contributed by atoms with E-state index in [-0.39, 0.29) is 11.8 Å². The highest BCUT2D eigenvalue weighted by atomic mass is 16.5. The molecule has 1 aromatic heterocycles. The summed E-state index contributed by atoms with van der Waals surface area (Å²) in [6.45, 7) is 3.46. The van der Waals surface area contributed by atoms with Crippen LogP contribution < -0.4 is 10.1 Å². The van der Waals surface area contributed by atoms with Crippen LogP contribution in [0.2, 0.25) is 0 Å². The van der Waals surface area contributed by atoms with Gasteiger partial charge in [0.05, 0.1) is 7.11 Å². The number of hydrogen-bond donors (Lipinski definition) is 1. The minimum Gasteiger partial charge on any atom is -0.497 e. The third-order valence-electron chi connectivity index (χ3n) is 5.46. The SMILES string of the molecule is COc1ccc(NC(=O)CC[C@@H]2CCCN(C(=O)c3cccn3C)C2)c(C)c1. The molecule has 6 heteroatoms. The summed E-state index contributed by atoms with van der Waals surface area (Å²) >= 11 is 0. The Hall–Kier alpha value is -2.76. The number of carbonyl (C=O) groups is 2. The van der Waals surface area contributed by atoms with Gasteiger partial charge in [0.2, 0.25) is 5.91 Å². The number of carbonyl (C=O) groups excluding carboxylic acids is 2. The van der Waals surface area contributed by atoms with Crippen LogP contribution in [-0.2, 0) is 11.8 Å². The number of rotatable bonds is 6. The van der Waals surface area contributed by atoms with Crippen molar-refractivity contribution in [1.29, 1.82) is 0 Å². The third kappa shape index (κ3) is 4.74. The van der Waals surface area contributed by atoms with Gasteiger partial charge in [-0.2, -0.15) is 0 Å². The molecule has 1 aliphatic rings. The molecule has 0 radical (unpaired) electrons. The van der Waals surface area contributed by atoms with Gasteiger partial charge in [-0.15, -0.1) is 0 Å². The van der Waals surface area contributed by atoms with Gasteiger partial charge in [0.15, 0.2) is 0 Å². The number of nitrogens with zero attached hydrogens (tertiary/aromatic N) is 2. The highest BCUT2D eigenvalue weighted by Gasteiger charge is 2.26. The van der Waals surface area contributed by atoms with Crippen LogP contribution >= 0.6 is 0 Å². The van der Waals surface area contributed by atoms with E-state index < -0.39 is 0 Å². The van der Waals surface area contributed by atoms with E-state index in [9.17, 15) is 9.59 Å². The van der Waals surface area contributed by atoms with Gasteiger partial charge in [0.25, 0.3) is 5.91 Å². The lowest BCUT2D eigenvalue weighted by Crippen LogP contribution is -2.40. The van der Waals surface area contributed by atoms with Crippen LogP contribution in [0.3, 0.4) is 0 Å². The summed E-state index contributed by atoms with van der Waals surface area (Å²) in [7, 11) is 3.52. The van der Waals surface area contributed by atoms with E-state index in [0.717, 1.165) is 49.4 Å². The number of piperidine rings is 1. The number of benzene rings is 1. The van der Waals surface area contributed by atoms with Crippen molar-refractivity contribution in [2.24, 2.45) is 13.0 Å². The second-order valence-electron chi connectivity index (χ2n) is 7.53. The van der Waals surface area contributed by atoms with E-state index in [4.69, 9.17) is 4.74 Å². The number of hydrogen-bond acceptors (Lipinski definition) is 3. The van der Waals surface area contributed by atoms with Crippen molar-refractivity contribution in [3.63, 3.8) is 0 Å². The van der Waals surface area contributed by atoms with E-state index in [2.05, 4.69) is 5.32 Å². The first-order chi connectivity index (χ1) is 13.5. The van der Waals surface area contributed by atoms with Crippen molar-refractivity contribution in [1.82, 2.24) is 9.47 Å². The smallest absolute Gasteiger partial charge is 0.270 e. The summed E-state index contributed by atoms with van der Waals surface area (Å²) < 4.78 is 7.06. The van der Waals surface area contributed by atoms with Gasteiger partial charge in [-0.1, -0.05) is 0 Å². The molecule has 1 atom stereocenters. The molecule has 28 heavy (non-hydrogen) atoms.